The zero-order valence-electron chi connectivity index (χ0n) is 18.0. The lowest BCUT2D eigenvalue weighted by molar-refractivity contribution is 0.125. The van der Waals surface area contributed by atoms with Gasteiger partial charge in [0.05, 0.1) is 0 Å². The number of hydrogen-bond acceptors (Lipinski definition) is 3. The van der Waals surface area contributed by atoms with Crippen LogP contribution in [0.3, 0.4) is 0 Å². The summed E-state index contributed by atoms with van der Waals surface area (Å²) in [6, 6.07) is 0. The van der Waals surface area contributed by atoms with Crippen molar-refractivity contribution in [3.8, 4) is 0 Å². The Kier molecular flexibility index (Phi) is 20.1. The maximum Gasteiger partial charge on any atom is 0.0466 e. The molecule has 152 valence electrons. The summed E-state index contributed by atoms with van der Waals surface area (Å²) < 4.78 is 5.77. The minimum Gasteiger partial charge on any atom is -0.381 e. The van der Waals surface area contributed by atoms with E-state index in [-0.39, 0.29) is 0 Å². The second-order valence-electron chi connectivity index (χ2n) is 8.17. The first-order valence-electron chi connectivity index (χ1n) is 11.0. The lowest BCUT2D eigenvalue weighted by atomic mass is 10.1. The Bertz CT molecular complexity index is 220. The molecule has 0 rings (SSSR count). The van der Waals surface area contributed by atoms with Crippen LogP contribution in [-0.4, -0.2) is 64.3 Å². The molecule has 0 aromatic carbocycles. The Morgan fingerprint density at radius 1 is 0.400 bits per heavy atom. The fourth-order valence-electron chi connectivity index (χ4n) is 3.13. The molecule has 0 N–H and O–H groups in total. The van der Waals surface area contributed by atoms with Gasteiger partial charge in [0.1, 0.15) is 0 Å². The molecule has 0 amide bonds. The topological polar surface area (TPSA) is 15.7 Å². The van der Waals surface area contributed by atoms with E-state index >= 15 is 0 Å². The molecule has 0 spiro atoms. The summed E-state index contributed by atoms with van der Waals surface area (Å²) in [5, 5.41) is 0. The molecular formula is C22H48N2O. The molecule has 0 aliphatic heterocycles. The van der Waals surface area contributed by atoms with Crippen molar-refractivity contribution in [2.75, 3.05) is 54.5 Å². The average Bonchev–Trinajstić information content (AvgIpc) is 2.56. The van der Waals surface area contributed by atoms with Gasteiger partial charge in [-0.05, 0) is 67.0 Å². The number of ether oxygens (including phenoxy) is 1. The second-order valence-corrected chi connectivity index (χ2v) is 8.17. The van der Waals surface area contributed by atoms with Crippen LogP contribution in [0.5, 0.6) is 0 Å². The molecule has 0 radical (unpaired) electrons. The molecule has 0 unspecified atom stereocenters. The first-order valence-corrected chi connectivity index (χ1v) is 11.0. The highest BCUT2D eigenvalue weighted by Crippen LogP contribution is 2.09. The van der Waals surface area contributed by atoms with E-state index in [0.29, 0.717) is 0 Å². The summed E-state index contributed by atoms with van der Waals surface area (Å²) in [6.07, 6.45) is 19.1. The summed E-state index contributed by atoms with van der Waals surface area (Å²) in [4.78, 5) is 4.56. The van der Waals surface area contributed by atoms with E-state index in [2.05, 4.69) is 38.0 Å². The Morgan fingerprint density at radius 2 is 0.680 bits per heavy atom. The van der Waals surface area contributed by atoms with Gasteiger partial charge in [0, 0.05) is 13.2 Å². The molecule has 0 aliphatic rings. The van der Waals surface area contributed by atoms with E-state index in [4.69, 9.17) is 4.74 Å². The summed E-state index contributed by atoms with van der Waals surface area (Å²) in [6.45, 7) is 4.44. The van der Waals surface area contributed by atoms with Crippen LogP contribution in [0, 0.1) is 0 Å². The third-order valence-corrected chi connectivity index (χ3v) is 4.79. The molecule has 3 nitrogen and oxygen atoms in total. The summed E-state index contributed by atoms with van der Waals surface area (Å²) in [7, 11) is 8.64. The summed E-state index contributed by atoms with van der Waals surface area (Å²) in [5.74, 6) is 0. The minimum absolute atomic E-state index is 0.977. The molecule has 0 heterocycles. The van der Waals surface area contributed by atoms with Gasteiger partial charge in [0.25, 0.3) is 0 Å². The lowest BCUT2D eigenvalue weighted by Gasteiger charge is -2.08. The van der Waals surface area contributed by atoms with Crippen molar-refractivity contribution in [1.29, 1.82) is 0 Å². The normalized spacial score (nSPS) is 11.8. The van der Waals surface area contributed by atoms with Crippen molar-refractivity contribution in [2.45, 2.75) is 89.9 Å². The van der Waals surface area contributed by atoms with Crippen LogP contribution >= 0.6 is 0 Å². The highest BCUT2D eigenvalue weighted by Gasteiger charge is 1.96. The second kappa shape index (κ2) is 20.2. The van der Waals surface area contributed by atoms with E-state index in [9.17, 15) is 0 Å². The van der Waals surface area contributed by atoms with Crippen LogP contribution in [0.15, 0.2) is 0 Å². The first kappa shape index (κ1) is 24.9. The van der Waals surface area contributed by atoms with Crippen LogP contribution in [0.4, 0.5) is 0 Å². The van der Waals surface area contributed by atoms with Gasteiger partial charge < -0.3 is 14.5 Å². The first-order chi connectivity index (χ1) is 12.1. The molecule has 0 fully saturated rings. The maximum atomic E-state index is 5.77. The van der Waals surface area contributed by atoms with Gasteiger partial charge in [-0.2, -0.15) is 0 Å². The number of rotatable bonds is 20. The monoisotopic (exact) mass is 356 g/mol. The van der Waals surface area contributed by atoms with Gasteiger partial charge in [-0.25, -0.2) is 0 Å². The Hall–Kier alpha value is -0.120. The van der Waals surface area contributed by atoms with Gasteiger partial charge >= 0.3 is 0 Å². The minimum atomic E-state index is 0.977. The highest BCUT2D eigenvalue weighted by atomic mass is 16.5. The molecule has 25 heavy (non-hydrogen) atoms. The zero-order valence-corrected chi connectivity index (χ0v) is 18.0. The summed E-state index contributed by atoms with van der Waals surface area (Å²) >= 11 is 0. The SMILES string of the molecule is CN(C)CCCCCCCCCOCCCCCCCCCN(C)C. The number of nitrogens with zero attached hydrogens (tertiary/aromatic N) is 2. The van der Waals surface area contributed by atoms with E-state index in [1.165, 1.54) is 103 Å². The molecule has 0 aromatic rings. The van der Waals surface area contributed by atoms with Crippen LogP contribution in [0.25, 0.3) is 0 Å². The molecule has 0 atom stereocenters. The molecular weight excluding hydrogens is 308 g/mol. The van der Waals surface area contributed by atoms with Gasteiger partial charge in [0.2, 0.25) is 0 Å². The van der Waals surface area contributed by atoms with Gasteiger partial charge in [0.15, 0.2) is 0 Å². The number of hydrogen-bond donors (Lipinski definition) is 0. The van der Waals surface area contributed by atoms with Crippen molar-refractivity contribution in [1.82, 2.24) is 9.80 Å². The predicted molar refractivity (Wildman–Crippen MR) is 113 cm³/mol. The van der Waals surface area contributed by atoms with Crippen molar-refractivity contribution in [3.63, 3.8) is 0 Å². The zero-order chi connectivity index (χ0) is 18.6. The predicted octanol–water partition coefficient (Wildman–Crippen LogP) is 5.59. The lowest BCUT2D eigenvalue weighted by Crippen LogP contribution is -2.12. The van der Waals surface area contributed by atoms with Crippen molar-refractivity contribution < 1.29 is 4.74 Å². The van der Waals surface area contributed by atoms with E-state index in [1.54, 1.807) is 0 Å². The third-order valence-electron chi connectivity index (χ3n) is 4.79. The van der Waals surface area contributed by atoms with Crippen LogP contribution in [0.1, 0.15) is 89.9 Å². The Morgan fingerprint density at radius 3 is 1.00 bits per heavy atom. The molecule has 0 saturated heterocycles. The van der Waals surface area contributed by atoms with E-state index in [0.717, 1.165) is 13.2 Å². The quantitative estimate of drug-likeness (QED) is 0.265. The van der Waals surface area contributed by atoms with Gasteiger partial charge in [-0.3, -0.25) is 0 Å². The third kappa shape index (κ3) is 23.9. The molecule has 3 heteroatoms. The van der Waals surface area contributed by atoms with Gasteiger partial charge in [-0.1, -0.05) is 64.2 Å². The Labute approximate surface area is 159 Å². The van der Waals surface area contributed by atoms with Crippen molar-refractivity contribution >= 4 is 0 Å². The smallest absolute Gasteiger partial charge is 0.0466 e. The van der Waals surface area contributed by atoms with E-state index < -0.39 is 0 Å². The largest absolute Gasteiger partial charge is 0.381 e. The fraction of sp³-hybridized carbons (Fsp3) is 1.00. The Balaban J connectivity index is 2.98. The molecule has 0 aliphatic carbocycles. The van der Waals surface area contributed by atoms with Crippen molar-refractivity contribution in [2.24, 2.45) is 0 Å². The van der Waals surface area contributed by atoms with E-state index in [1.807, 2.05) is 0 Å². The molecule has 0 aromatic heterocycles. The average molecular weight is 357 g/mol. The highest BCUT2D eigenvalue weighted by molar-refractivity contribution is 4.50. The number of unbranched alkanes of at least 4 members (excludes halogenated alkanes) is 12. The van der Waals surface area contributed by atoms with Crippen LogP contribution in [0.2, 0.25) is 0 Å². The standard InChI is InChI=1S/C22H48N2O/c1-23(2)19-15-11-7-5-9-13-17-21-25-22-18-14-10-6-8-12-16-20-24(3)4/h5-22H2,1-4H3. The molecule has 0 bridgehead atoms. The maximum absolute atomic E-state index is 5.77. The van der Waals surface area contributed by atoms with Gasteiger partial charge in [-0.15, -0.1) is 0 Å². The molecule has 0 saturated carbocycles. The van der Waals surface area contributed by atoms with Crippen LogP contribution in [-0.2, 0) is 4.74 Å². The van der Waals surface area contributed by atoms with Crippen molar-refractivity contribution in [3.05, 3.63) is 0 Å². The fourth-order valence-corrected chi connectivity index (χ4v) is 3.13. The summed E-state index contributed by atoms with van der Waals surface area (Å²) in [5.41, 5.74) is 0. The van der Waals surface area contributed by atoms with Crippen LogP contribution < -0.4 is 0 Å².